The van der Waals surface area contributed by atoms with Crippen LogP contribution in [0.15, 0.2) is 0 Å². The molecule has 0 atom stereocenters. The molecule has 0 aliphatic rings. The van der Waals surface area contributed by atoms with Gasteiger partial charge in [-0.05, 0) is 12.8 Å². The van der Waals surface area contributed by atoms with E-state index in [1.165, 1.54) is 0 Å². The van der Waals surface area contributed by atoms with Gasteiger partial charge in [0.25, 0.3) is 0 Å². The first-order chi connectivity index (χ1) is 7.16. The van der Waals surface area contributed by atoms with E-state index in [1.807, 2.05) is 0 Å². The molecule has 0 unspecified atom stereocenters. The van der Waals surface area contributed by atoms with Crippen LogP contribution in [-0.2, 0) is 14.5 Å². The summed E-state index contributed by atoms with van der Waals surface area (Å²) in [5.74, 6) is 0.620. The summed E-state index contributed by atoms with van der Waals surface area (Å²) in [4.78, 5) is 27.6. The van der Waals surface area contributed by atoms with Gasteiger partial charge in [0.15, 0.2) is 0 Å². The van der Waals surface area contributed by atoms with Crippen LogP contribution >= 0.6 is 11.6 Å². The summed E-state index contributed by atoms with van der Waals surface area (Å²) in [5, 5.41) is 7.96. The second-order valence-corrected chi connectivity index (χ2v) is 3.01. The van der Waals surface area contributed by atoms with Crippen molar-refractivity contribution in [2.45, 2.75) is 25.7 Å². The third-order valence-corrected chi connectivity index (χ3v) is 1.70. The van der Waals surface area contributed by atoms with Gasteiger partial charge in [0.1, 0.15) is 0 Å². The van der Waals surface area contributed by atoms with Crippen molar-refractivity contribution in [3.63, 3.8) is 0 Å². The molecule has 0 aliphatic carbocycles. The fourth-order valence-electron chi connectivity index (χ4n) is 0.799. The van der Waals surface area contributed by atoms with E-state index < -0.39 is 12.3 Å². The van der Waals surface area contributed by atoms with Crippen LogP contribution in [0.2, 0.25) is 0 Å². The number of rotatable bonds is 6. The highest BCUT2D eigenvalue weighted by Gasteiger charge is 2.08. The fourth-order valence-corrected chi connectivity index (χ4v) is 0.988. The molecule has 0 fully saturated rings. The summed E-state index contributed by atoms with van der Waals surface area (Å²) in [6.07, 6.45) is 0.601. The molecule has 0 aliphatic heterocycles. The number of carbonyl (C=O) groups is 2. The van der Waals surface area contributed by atoms with Crippen molar-refractivity contribution in [3.05, 3.63) is 0 Å². The second kappa shape index (κ2) is 9.39. The maximum absolute atomic E-state index is 10.6. The predicted molar refractivity (Wildman–Crippen MR) is 50.7 cm³/mol. The zero-order valence-corrected chi connectivity index (χ0v) is 8.86. The largest absolute Gasteiger partial charge is 0.549 e. The molecule has 0 aromatic carbocycles. The normalized spacial score (nSPS) is 9.40. The molecule has 0 amide bonds. The molecule has 6 nitrogen and oxygen atoms in total. The Morgan fingerprint density at radius 2 is 1.73 bits per heavy atom. The SMILES string of the molecule is O=C(O)OOC(=O)OCCCCCCCl. The standard InChI is InChI=1S/C8H13ClO6/c9-5-3-1-2-4-6-13-8(12)15-14-7(10)11/h1-6H2,(H,10,11). The van der Waals surface area contributed by atoms with E-state index in [2.05, 4.69) is 14.5 Å². The molecule has 15 heavy (non-hydrogen) atoms. The molecule has 0 saturated heterocycles. The lowest BCUT2D eigenvalue weighted by Crippen LogP contribution is -2.11. The van der Waals surface area contributed by atoms with Gasteiger partial charge < -0.3 is 9.84 Å². The average molecular weight is 241 g/mol. The van der Waals surface area contributed by atoms with E-state index in [4.69, 9.17) is 16.7 Å². The predicted octanol–water partition coefficient (Wildman–Crippen LogP) is 2.55. The summed E-state index contributed by atoms with van der Waals surface area (Å²) in [5.41, 5.74) is 0. The number of halogens is 1. The van der Waals surface area contributed by atoms with Crippen LogP contribution in [0.25, 0.3) is 0 Å². The molecule has 0 rings (SSSR count). The highest BCUT2D eigenvalue weighted by molar-refractivity contribution is 6.17. The maximum atomic E-state index is 10.6. The lowest BCUT2D eigenvalue weighted by atomic mass is 10.2. The molecule has 0 aromatic heterocycles. The van der Waals surface area contributed by atoms with Crippen molar-refractivity contribution in [2.75, 3.05) is 12.5 Å². The Labute approximate surface area is 92.0 Å². The van der Waals surface area contributed by atoms with Crippen molar-refractivity contribution < 1.29 is 29.2 Å². The van der Waals surface area contributed by atoms with Gasteiger partial charge in [0.05, 0.1) is 6.61 Å². The number of alkyl halides is 1. The lowest BCUT2D eigenvalue weighted by molar-refractivity contribution is -0.213. The zero-order valence-electron chi connectivity index (χ0n) is 8.11. The van der Waals surface area contributed by atoms with Gasteiger partial charge in [0.2, 0.25) is 0 Å². The first kappa shape index (κ1) is 13.8. The highest BCUT2D eigenvalue weighted by Crippen LogP contribution is 2.01. The van der Waals surface area contributed by atoms with Crippen molar-refractivity contribution in [1.82, 2.24) is 0 Å². The van der Waals surface area contributed by atoms with Gasteiger partial charge in [-0.2, -0.15) is 9.68 Å². The molecule has 0 aromatic rings. The smallest absolute Gasteiger partial charge is 0.447 e. The fraction of sp³-hybridized carbons (Fsp3) is 0.750. The van der Waals surface area contributed by atoms with E-state index in [0.717, 1.165) is 19.3 Å². The Balaban J connectivity index is 3.20. The first-order valence-corrected chi connectivity index (χ1v) is 5.00. The summed E-state index contributed by atoms with van der Waals surface area (Å²) in [6, 6.07) is 0. The van der Waals surface area contributed by atoms with E-state index in [0.29, 0.717) is 12.3 Å². The molecule has 88 valence electrons. The molecule has 0 spiro atoms. The van der Waals surface area contributed by atoms with Crippen LogP contribution in [-0.4, -0.2) is 29.9 Å². The number of ether oxygens (including phenoxy) is 1. The van der Waals surface area contributed by atoms with Gasteiger partial charge in [-0.1, -0.05) is 12.8 Å². The third-order valence-electron chi connectivity index (χ3n) is 1.43. The minimum absolute atomic E-state index is 0.171. The van der Waals surface area contributed by atoms with Crippen molar-refractivity contribution in [2.24, 2.45) is 0 Å². The van der Waals surface area contributed by atoms with Gasteiger partial charge >= 0.3 is 12.3 Å². The second-order valence-electron chi connectivity index (χ2n) is 2.63. The number of hydrogen-bond acceptors (Lipinski definition) is 5. The van der Waals surface area contributed by atoms with E-state index in [-0.39, 0.29) is 6.61 Å². The van der Waals surface area contributed by atoms with Crippen molar-refractivity contribution >= 4 is 23.9 Å². The summed E-state index contributed by atoms with van der Waals surface area (Å²) >= 11 is 5.46. The average Bonchev–Trinajstić information content (AvgIpc) is 2.20. The molecular weight excluding hydrogens is 228 g/mol. The van der Waals surface area contributed by atoms with Crippen LogP contribution in [0, 0.1) is 0 Å². The molecule has 0 radical (unpaired) electrons. The van der Waals surface area contributed by atoms with Gasteiger partial charge in [-0.3, -0.25) is 0 Å². The maximum Gasteiger partial charge on any atom is 0.549 e. The Hall–Kier alpha value is -1.17. The van der Waals surface area contributed by atoms with Crippen LogP contribution in [0.1, 0.15) is 25.7 Å². The first-order valence-electron chi connectivity index (χ1n) is 4.47. The van der Waals surface area contributed by atoms with E-state index >= 15 is 0 Å². The van der Waals surface area contributed by atoms with Gasteiger partial charge in [-0.25, -0.2) is 9.68 Å². The molecule has 0 bridgehead atoms. The number of hydrogen-bond donors (Lipinski definition) is 1. The van der Waals surface area contributed by atoms with Gasteiger partial charge in [-0.15, -0.1) is 11.6 Å². The van der Waals surface area contributed by atoms with Crippen LogP contribution in [0.4, 0.5) is 9.59 Å². The van der Waals surface area contributed by atoms with Crippen molar-refractivity contribution in [3.8, 4) is 0 Å². The number of carbonyl (C=O) groups excluding carboxylic acids is 1. The highest BCUT2D eigenvalue weighted by atomic mass is 35.5. The summed E-state index contributed by atoms with van der Waals surface area (Å²) in [7, 11) is 0. The topological polar surface area (TPSA) is 82.1 Å². The van der Waals surface area contributed by atoms with Crippen molar-refractivity contribution in [1.29, 1.82) is 0 Å². The lowest BCUT2D eigenvalue weighted by Gasteiger charge is -2.02. The molecule has 0 heterocycles. The Kier molecular flexibility index (Phi) is 8.66. The van der Waals surface area contributed by atoms with Crippen LogP contribution < -0.4 is 0 Å². The minimum atomic E-state index is -1.70. The Bertz CT molecular complexity index is 196. The number of carboxylic acid groups (broad SMARTS) is 1. The van der Waals surface area contributed by atoms with E-state index in [1.54, 1.807) is 0 Å². The molecule has 7 heteroatoms. The monoisotopic (exact) mass is 240 g/mol. The summed E-state index contributed by atoms with van der Waals surface area (Å²) in [6.45, 7) is 0.171. The molecular formula is C8H13ClO6. The van der Waals surface area contributed by atoms with Crippen LogP contribution in [0.5, 0.6) is 0 Å². The Morgan fingerprint density at radius 1 is 1.07 bits per heavy atom. The Morgan fingerprint density at radius 3 is 2.33 bits per heavy atom. The summed E-state index contributed by atoms with van der Waals surface area (Å²) < 4.78 is 4.49. The number of unbranched alkanes of at least 4 members (excludes halogenated alkanes) is 3. The zero-order chi connectivity index (χ0) is 11.5. The minimum Gasteiger partial charge on any atom is -0.447 e. The quantitative estimate of drug-likeness (QED) is 0.253. The van der Waals surface area contributed by atoms with Crippen LogP contribution in [0.3, 0.4) is 0 Å². The van der Waals surface area contributed by atoms with Gasteiger partial charge in [0, 0.05) is 5.88 Å². The van der Waals surface area contributed by atoms with E-state index in [9.17, 15) is 9.59 Å². The third kappa shape index (κ3) is 10.8. The molecule has 0 saturated carbocycles. The molecule has 1 N–H and O–H groups in total.